The Bertz CT molecular complexity index is 768. The van der Waals surface area contributed by atoms with Gasteiger partial charge in [0.05, 0.1) is 10.7 Å². The first kappa shape index (κ1) is 16.9. The van der Waals surface area contributed by atoms with Crippen molar-refractivity contribution in [2.24, 2.45) is 0 Å². The van der Waals surface area contributed by atoms with Gasteiger partial charge >= 0.3 is 0 Å². The van der Waals surface area contributed by atoms with Crippen LogP contribution in [0, 0.1) is 0 Å². The van der Waals surface area contributed by atoms with Gasteiger partial charge in [-0.15, -0.1) is 0 Å². The van der Waals surface area contributed by atoms with Gasteiger partial charge in [-0.05, 0) is 36.8 Å². The van der Waals surface area contributed by atoms with Crippen LogP contribution in [0.3, 0.4) is 0 Å². The van der Waals surface area contributed by atoms with Crippen LogP contribution in [0.4, 0.5) is 5.69 Å². The minimum atomic E-state index is -0.648. The molecule has 7 heteroatoms. The lowest BCUT2D eigenvalue weighted by atomic mass is 10.2. The molecule has 0 spiro atoms. The normalized spacial score (nSPS) is 13.5. The molecule has 126 valence electrons. The zero-order chi connectivity index (χ0) is 17.1. The highest BCUT2D eigenvalue weighted by atomic mass is 79.9. The molecule has 1 aliphatic heterocycles. The second kappa shape index (κ2) is 7.32. The molecule has 1 atom stereocenters. The fraction of sp³-hybridized carbons (Fsp3) is 0.235. The maximum absolute atomic E-state index is 12.5. The molecule has 0 fully saturated rings. The van der Waals surface area contributed by atoms with E-state index in [2.05, 4.69) is 21.2 Å². The molecule has 0 radical (unpaired) electrons. The summed E-state index contributed by atoms with van der Waals surface area (Å²) < 4.78 is 17.2. The van der Waals surface area contributed by atoms with Gasteiger partial charge in [0.15, 0.2) is 17.6 Å². The Morgan fingerprint density at radius 2 is 2.08 bits per heavy atom. The van der Waals surface area contributed by atoms with Crippen LogP contribution in [0.5, 0.6) is 17.2 Å². The van der Waals surface area contributed by atoms with Crippen molar-refractivity contribution in [3.63, 3.8) is 0 Å². The molecule has 0 saturated heterocycles. The van der Waals surface area contributed by atoms with E-state index in [1.165, 1.54) is 0 Å². The smallest absolute Gasteiger partial charge is 0.265 e. The molecule has 3 rings (SSSR count). The summed E-state index contributed by atoms with van der Waals surface area (Å²) in [5.74, 6) is 1.56. The highest BCUT2D eigenvalue weighted by Crippen LogP contribution is 2.35. The molecular formula is C17H15BrClNO4. The maximum Gasteiger partial charge on any atom is 0.265 e. The quantitative estimate of drug-likeness (QED) is 0.778. The van der Waals surface area contributed by atoms with E-state index >= 15 is 0 Å². The Kier molecular flexibility index (Phi) is 5.16. The van der Waals surface area contributed by atoms with Gasteiger partial charge in [0.25, 0.3) is 5.91 Å². The summed E-state index contributed by atoms with van der Waals surface area (Å²) in [5, 5.41) is 3.24. The number of fused-ring (bicyclic) bond motifs is 1. The summed E-state index contributed by atoms with van der Waals surface area (Å²) in [6, 6.07) is 10.5. The van der Waals surface area contributed by atoms with E-state index in [1.807, 2.05) is 6.92 Å². The standard InChI is InChI=1S/C17H15BrClNO4/c1-2-14(17(21)20-13-5-3-10(18)7-12(13)19)24-11-4-6-15-16(8-11)23-9-22-15/h3-8,14H,2,9H2,1H3,(H,20,21). The van der Waals surface area contributed by atoms with Gasteiger partial charge in [-0.25, -0.2) is 0 Å². The number of anilines is 1. The lowest BCUT2D eigenvalue weighted by molar-refractivity contribution is -0.122. The molecule has 1 aliphatic rings. The van der Waals surface area contributed by atoms with Crippen molar-refractivity contribution in [1.82, 2.24) is 0 Å². The molecule has 5 nitrogen and oxygen atoms in total. The van der Waals surface area contributed by atoms with Crippen molar-refractivity contribution in [2.75, 3.05) is 12.1 Å². The monoisotopic (exact) mass is 411 g/mol. The van der Waals surface area contributed by atoms with Crippen LogP contribution in [-0.2, 0) is 4.79 Å². The predicted octanol–water partition coefficient (Wildman–Crippen LogP) is 4.63. The third-order valence-corrected chi connectivity index (χ3v) is 4.28. The second-order valence-corrected chi connectivity index (χ2v) is 6.47. The van der Waals surface area contributed by atoms with Crippen molar-refractivity contribution in [1.29, 1.82) is 0 Å². The Balaban J connectivity index is 1.70. The first-order valence-corrected chi connectivity index (χ1v) is 8.56. The van der Waals surface area contributed by atoms with Crippen molar-refractivity contribution in [3.8, 4) is 17.2 Å². The summed E-state index contributed by atoms with van der Waals surface area (Å²) in [6.45, 7) is 2.07. The number of ether oxygens (including phenoxy) is 3. The predicted molar refractivity (Wildman–Crippen MR) is 95.1 cm³/mol. The second-order valence-electron chi connectivity index (χ2n) is 5.14. The Hall–Kier alpha value is -1.92. The third-order valence-electron chi connectivity index (χ3n) is 3.47. The molecule has 24 heavy (non-hydrogen) atoms. The Labute approximate surface area is 153 Å². The summed E-state index contributed by atoms with van der Waals surface area (Å²) in [6.07, 6.45) is -0.140. The number of nitrogens with one attached hydrogen (secondary N) is 1. The molecule has 1 heterocycles. The highest BCUT2D eigenvalue weighted by Gasteiger charge is 2.21. The number of amides is 1. The third kappa shape index (κ3) is 3.76. The molecule has 1 N–H and O–H groups in total. The number of halogens is 2. The van der Waals surface area contributed by atoms with Gasteiger partial charge in [-0.1, -0.05) is 34.5 Å². The van der Waals surface area contributed by atoms with Gasteiger partial charge in [0, 0.05) is 10.5 Å². The zero-order valence-electron chi connectivity index (χ0n) is 12.8. The average molecular weight is 413 g/mol. The molecule has 1 amide bonds. The zero-order valence-corrected chi connectivity index (χ0v) is 15.2. The van der Waals surface area contributed by atoms with Crippen molar-refractivity contribution >= 4 is 39.1 Å². The Morgan fingerprint density at radius 3 is 2.83 bits per heavy atom. The van der Waals surface area contributed by atoms with Gasteiger partial charge < -0.3 is 19.5 Å². The first-order chi connectivity index (χ1) is 11.6. The van der Waals surface area contributed by atoms with Gasteiger partial charge in [0.2, 0.25) is 6.79 Å². The largest absolute Gasteiger partial charge is 0.480 e. The van der Waals surface area contributed by atoms with Gasteiger partial charge in [-0.3, -0.25) is 4.79 Å². The molecule has 0 aromatic heterocycles. The summed E-state index contributed by atoms with van der Waals surface area (Å²) in [4.78, 5) is 12.5. The molecule has 0 bridgehead atoms. The molecule has 1 unspecified atom stereocenters. The number of carbonyl (C=O) groups is 1. The van der Waals surface area contributed by atoms with Gasteiger partial charge in [0.1, 0.15) is 5.75 Å². The average Bonchev–Trinajstić information content (AvgIpc) is 3.02. The van der Waals surface area contributed by atoms with E-state index in [1.54, 1.807) is 36.4 Å². The molecule has 2 aromatic rings. The number of carbonyl (C=O) groups excluding carboxylic acids is 1. The SMILES string of the molecule is CCC(Oc1ccc2c(c1)OCO2)C(=O)Nc1ccc(Br)cc1Cl. The summed E-state index contributed by atoms with van der Waals surface area (Å²) in [7, 11) is 0. The van der Waals surface area contributed by atoms with Crippen molar-refractivity contribution in [2.45, 2.75) is 19.4 Å². The van der Waals surface area contributed by atoms with E-state index in [0.717, 1.165) is 4.47 Å². The number of hydrogen-bond donors (Lipinski definition) is 1. The van der Waals surface area contributed by atoms with E-state index in [9.17, 15) is 4.79 Å². The van der Waals surface area contributed by atoms with Crippen LogP contribution in [-0.4, -0.2) is 18.8 Å². The van der Waals surface area contributed by atoms with Gasteiger partial charge in [-0.2, -0.15) is 0 Å². The van der Waals surface area contributed by atoms with Crippen LogP contribution in [0.15, 0.2) is 40.9 Å². The number of hydrogen-bond acceptors (Lipinski definition) is 4. The molecule has 0 aliphatic carbocycles. The number of rotatable bonds is 5. The van der Waals surface area contributed by atoms with E-state index < -0.39 is 6.10 Å². The number of benzene rings is 2. The first-order valence-electron chi connectivity index (χ1n) is 7.39. The fourth-order valence-corrected chi connectivity index (χ4v) is 2.96. The van der Waals surface area contributed by atoms with Crippen LogP contribution in [0.25, 0.3) is 0 Å². The Morgan fingerprint density at radius 1 is 1.29 bits per heavy atom. The van der Waals surface area contributed by atoms with E-state index in [0.29, 0.717) is 34.4 Å². The molecule has 0 saturated carbocycles. The maximum atomic E-state index is 12.5. The summed E-state index contributed by atoms with van der Waals surface area (Å²) >= 11 is 9.46. The molecular weight excluding hydrogens is 398 g/mol. The highest BCUT2D eigenvalue weighted by molar-refractivity contribution is 9.10. The lowest BCUT2D eigenvalue weighted by Gasteiger charge is -2.18. The topological polar surface area (TPSA) is 56.8 Å². The minimum absolute atomic E-state index is 0.193. The fourth-order valence-electron chi connectivity index (χ4n) is 2.24. The van der Waals surface area contributed by atoms with Crippen LogP contribution in [0.1, 0.15) is 13.3 Å². The van der Waals surface area contributed by atoms with Crippen LogP contribution < -0.4 is 19.5 Å². The summed E-state index contributed by atoms with van der Waals surface area (Å²) in [5.41, 5.74) is 0.539. The van der Waals surface area contributed by atoms with Crippen molar-refractivity contribution < 1.29 is 19.0 Å². The van der Waals surface area contributed by atoms with E-state index in [4.69, 9.17) is 25.8 Å². The van der Waals surface area contributed by atoms with Crippen molar-refractivity contribution in [3.05, 3.63) is 45.9 Å². The lowest BCUT2D eigenvalue weighted by Crippen LogP contribution is -2.32. The van der Waals surface area contributed by atoms with E-state index in [-0.39, 0.29) is 12.7 Å². The minimum Gasteiger partial charge on any atom is -0.480 e. The molecule has 2 aromatic carbocycles. The van der Waals surface area contributed by atoms with Crippen LogP contribution >= 0.6 is 27.5 Å². The van der Waals surface area contributed by atoms with Crippen LogP contribution in [0.2, 0.25) is 5.02 Å².